The van der Waals surface area contributed by atoms with Crippen LogP contribution in [0.4, 0.5) is 0 Å². The zero-order valence-electron chi connectivity index (χ0n) is 26.3. The van der Waals surface area contributed by atoms with Crippen LogP contribution >= 0.6 is 7.26 Å². The first-order chi connectivity index (χ1) is 22.5. The van der Waals surface area contributed by atoms with E-state index in [9.17, 15) is 0 Å². The summed E-state index contributed by atoms with van der Waals surface area (Å²) in [6, 6.07) is 49.6. The Bertz CT molecular complexity index is 1750. The Hall–Kier alpha value is -3.75. The minimum atomic E-state index is -2.18. The minimum Gasteiger partial charge on any atom is -1.00 e. The van der Waals surface area contributed by atoms with Gasteiger partial charge in [0, 0.05) is 23.3 Å². The van der Waals surface area contributed by atoms with Crippen LogP contribution in [0.2, 0.25) is 0 Å². The molecule has 0 aromatic heterocycles. The molecule has 2 N–H and O–H groups in total. The first-order valence-corrected chi connectivity index (χ1v) is 17.5. The Morgan fingerprint density at radius 1 is 0.542 bits per heavy atom. The number of amidine groups is 2. The summed E-state index contributed by atoms with van der Waals surface area (Å²) in [6.45, 7) is 2.04. The van der Waals surface area contributed by atoms with E-state index in [4.69, 9.17) is 30.4 Å². The van der Waals surface area contributed by atoms with Crippen molar-refractivity contribution >= 4 is 70.2 Å². The van der Waals surface area contributed by atoms with Crippen LogP contribution in [0.25, 0.3) is 0 Å². The van der Waals surface area contributed by atoms with Gasteiger partial charge in [-0.2, -0.15) is 10.2 Å². The Morgan fingerprint density at radius 2 is 0.917 bits per heavy atom. The number of halogens is 1. The van der Waals surface area contributed by atoms with E-state index in [2.05, 4.69) is 98.7 Å². The first kappa shape index (κ1) is 38.7. The molecule has 0 aliphatic heterocycles. The van der Waals surface area contributed by atoms with Gasteiger partial charge < -0.3 is 52.9 Å². The summed E-state index contributed by atoms with van der Waals surface area (Å²) < 4.78 is 0. The van der Waals surface area contributed by atoms with E-state index in [0.29, 0.717) is 17.7 Å². The molecule has 0 heterocycles. The van der Waals surface area contributed by atoms with Crippen LogP contribution < -0.4 is 43.5 Å². The molecule has 0 amide bonds. The maximum Gasteiger partial charge on any atom is 2.00 e. The number of nitrogens with one attached hydrogen (secondary N) is 2. The van der Waals surface area contributed by atoms with Crippen molar-refractivity contribution in [1.29, 1.82) is 0 Å². The van der Waals surface area contributed by atoms with Gasteiger partial charge in [-0.05, 0) is 48.5 Å². The number of nitrogens with zero attached hydrogens (tertiary/aromatic N) is 4. The molecule has 5 aromatic rings. The van der Waals surface area contributed by atoms with Crippen molar-refractivity contribution in [2.75, 3.05) is 13.3 Å². The molecule has 5 rings (SSSR count). The monoisotopic (exact) mass is 799 g/mol. The number of hydrogen-bond acceptors (Lipinski definition) is 6. The standard InChI is InChI=1S/C37H35N6PS2.BrH.Cu/c1-28-23-25-30(26-24-28)35(40-42-36(45)38-2)34(29-15-7-3-8-16-29)41-43-37(46)39-27-44(31-17-9-4-10-18-31,32-19-11-5-12-20-32)33-21-13-6-14-22-33;;/h3-26H,27H2,1-2H3,(H3-,38,39,40,41,42,43,45,46);1H;/q;;+2/p-2. The van der Waals surface area contributed by atoms with Crippen molar-refractivity contribution in [1.82, 2.24) is 10.6 Å². The predicted octanol–water partition coefficient (Wildman–Crippen LogP) is 2.67. The zero-order chi connectivity index (χ0) is 32.2. The third kappa shape index (κ3) is 9.66. The minimum absolute atomic E-state index is 0. The van der Waals surface area contributed by atoms with Gasteiger partial charge in [0.25, 0.3) is 0 Å². The van der Waals surface area contributed by atoms with Crippen molar-refractivity contribution in [3.8, 4) is 0 Å². The van der Waals surface area contributed by atoms with Crippen molar-refractivity contribution in [3.05, 3.63) is 162 Å². The number of benzene rings is 5. The van der Waals surface area contributed by atoms with Gasteiger partial charge in [-0.25, -0.2) is 0 Å². The van der Waals surface area contributed by atoms with Crippen LogP contribution in [-0.2, 0) is 42.3 Å². The van der Waals surface area contributed by atoms with E-state index in [-0.39, 0.29) is 44.4 Å². The molecule has 0 fully saturated rings. The molecule has 0 spiro atoms. The summed E-state index contributed by atoms with van der Waals surface area (Å²) in [6.07, 6.45) is 0.564. The topological polar surface area (TPSA) is 73.5 Å². The van der Waals surface area contributed by atoms with Crippen LogP contribution in [-0.4, -0.2) is 35.1 Å². The molecule has 6 nitrogen and oxygen atoms in total. The van der Waals surface area contributed by atoms with Gasteiger partial charge in [0.2, 0.25) is 0 Å². The third-order valence-corrected chi connectivity index (χ3v) is 12.0. The molecule has 0 atom stereocenters. The average molecular weight is 801 g/mol. The number of aryl methyl sites for hydroxylation is 1. The van der Waals surface area contributed by atoms with Crippen molar-refractivity contribution in [3.63, 3.8) is 0 Å². The molecule has 1 radical (unpaired) electrons. The van der Waals surface area contributed by atoms with Gasteiger partial charge >= 0.3 is 17.1 Å². The fourth-order valence-corrected chi connectivity index (χ4v) is 9.16. The van der Waals surface area contributed by atoms with Gasteiger partial charge in [-0.15, -0.1) is 10.2 Å². The Kier molecular flexibility index (Phi) is 15.6. The molecule has 0 unspecified atom stereocenters. The maximum absolute atomic E-state index is 5.82. The molecular weight excluding hydrogens is 767 g/mol. The molecule has 0 aliphatic rings. The number of hydrogen-bond donors (Lipinski definition) is 2. The van der Waals surface area contributed by atoms with E-state index >= 15 is 0 Å². The van der Waals surface area contributed by atoms with Gasteiger partial charge in [0.05, 0.1) is 0 Å². The molecule has 5 aromatic carbocycles. The van der Waals surface area contributed by atoms with Crippen LogP contribution in [0.3, 0.4) is 0 Å². The molecule has 0 saturated heterocycles. The second-order valence-electron chi connectivity index (χ2n) is 10.3. The van der Waals surface area contributed by atoms with E-state index in [1.165, 1.54) is 15.9 Å². The van der Waals surface area contributed by atoms with Crippen molar-refractivity contribution < 1.29 is 34.1 Å². The van der Waals surface area contributed by atoms with Gasteiger partial charge in [0.15, 0.2) is 0 Å². The normalized spacial score (nSPS) is 12.4. The quantitative estimate of drug-likeness (QED) is 0.0570. The average Bonchev–Trinajstić information content (AvgIpc) is 3.12. The number of rotatable bonds is 10. The van der Waals surface area contributed by atoms with E-state index in [1.807, 2.05) is 79.7 Å². The fourth-order valence-electron chi connectivity index (χ4n) is 5.02. The molecule has 48 heavy (non-hydrogen) atoms. The molecule has 247 valence electrons. The summed E-state index contributed by atoms with van der Waals surface area (Å²) in [5.74, 6) is 0. The molecule has 0 bridgehead atoms. The van der Waals surface area contributed by atoms with Crippen molar-refractivity contribution in [2.45, 2.75) is 6.92 Å². The summed E-state index contributed by atoms with van der Waals surface area (Å²) in [7, 11) is -0.467. The van der Waals surface area contributed by atoms with Gasteiger partial charge in [-0.3, -0.25) is 0 Å². The molecule has 0 aliphatic carbocycles. The summed E-state index contributed by atoms with van der Waals surface area (Å²) in [5.41, 5.74) is 3.81. The largest absolute Gasteiger partial charge is 2.00 e. The Morgan fingerprint density at radius 3 is 1.33 bits per heavy atom. The summed E-state index contributed by atoms with van der Waals surface area (Å²) >= 11 is 11.1. The SMILES string of the molecule is CNC([S-])=NN=C(C(=NN=C([S-])NC[P+](c1ccccc1)(c1ccccc1)c1ccccc1)c1ccccc1)c1ccc(C)cc1.[Br-].[Cu+2]. The van der Waals surface area contributed by atoms with E-state index < -0.39 is 7.26 Å². The summed E-state index contributed by atoms with van der Waals surface area (Å²) in [4.78, 5) is 0. The van der Waals surface area contributed by atoms with Crippen LogP contribution in [0, 0.1) is 6.92 Å². The van der Waals surface area contributed by atoms with E-state index in [1.54, 1.807) is 7.05 Å². The van der Waals surface area contributed by atoms with E-state index in [0.717, 1.165) is 16.7 Å². The summed E-state index contributed by atoms with van der Waals surface area (Å²) in [5, 5.41) is 28.6. The van der Waals surface area contributed by atoms with Gasteiger partial charge in [0.1, 0.15) is 40.9 Å². The predicted molar refractivity (Wildman–Crippen MR) is 203 cm³/mol. The second kappa shape index (κ2) is 19.3. The van der Waals surface area contributed by atoms with Crippen LogP contribution in [0.5, 0.6) is 0 Å². The van der Waals surface area contributed by atoms with Gasteiger partial charge in [-0.1, -0.05) is 115 Å². The van der Waals surface area contributed by atoms with Crippen molar-refractivity contribution in [2.24, 2.45) is 20.4 Å². The first-order valence-electron chi connectivity index (χ1n) is 14.8. The molecule has 11 heteroatoms. The zero-order valence-corrected chi connectivity index (χ0v) is 31.4. The Balaban J connectivity index is 0.00000312. The van der Waals surface area contributed by atoms with Crippen LogP contribution in [0.1, 0.15) is 16.7 Å². The molecule has 0 saturated carbocycles. The smallest absolute Gasteiger partial charge is 1.00 e. The third-order valence-electron chi connectivity index (χ3n) is 7.35. The Labute approximate surface area is 315 Å². The second-order valence-corrected chi connectivity index (χ2v) is 14.6. The maximum atomic E-state index is 5.82. The van der Waals surface area contributed by atoms with Crippen LogP contribution in [0.15, 0.2) is 166 Å². The fraction of sp³-hybridized carbons (Fsp3) is 0.0811. The molecular formula is C37H34BrCuN6PS2.